The number of nitrogens with zero attached hydrogens (tertiary/aromatic N) is 2. The molecule has 1 aliphatic rings. The number of carbonyl (C=O) groups is 1. The van der Waals surface area contributed by atoms with E-state index in [9.17, 15) is 4.79 Å². The van der Waals surface area contributed by atoms with E-state index in [4.69, 9.17) is 4.74 Å². The maximum atomic E-state index is 12.6. The van der Waals surface area contributed by atoms with Gasteiger partial charge in [0.05, 0.1) is 22.9 Å². The van der Waals surface area contributed by atoms with Gasteiger partial charge in [-0.3, -0.25) is 9.69 Å². The van der Waals surface area contributed by atoms with E-state index in [1.165, 1.54) is 16.9 Å². The summed E-state index contributed by atoms with van der Waals surface area (Å²) in [5, 5.41) is 4.08. The van der Waals surface area contributed by atoms with Crippen molar-refractivity contribution in [2.75, 3.05) is 13.1 Å². The zero-order valence-corrected chi connectivity index (χ0v) is 19.0. The molecule has 0 bridgehead atoms. The summed E-state index contributed by atoms with van der Waals surface area (Å²) in [7, 11) is 0. The molecule has 3 rings (SSSR count). The minimum absolute atomic E-state index is 0.0321. The van der Waals surface area contributed by atoms with Crippen LogP contribution in [-0.4, -0.2) is 41.1 Å². The number of ether oxygens (including phenoxy) is 1. The number of thiazole rings is 1. The van der Waals surface area contributed by atoms with E-state index < -0.39 is 0 Å². The number of rotatable bonds is 7. The maximum Gasteiger partial charge on any atom is 0.263 e. The Morgan fingerprint density at radius 1 is 1.21 bits per heavy atom. The van der Waals surface area contributed by atoms with Gasteiger partial charge in [-0.25, -0.2) is 4.98 Å². The number of benzene rings is 1. The van der Waals surface area contributed by atoms with Crippen LogP contribution in [0.3, 0.4) is 0 Å². The summed E-state index contributed by atoms with van der Waals surface area (Å²) < 4.78 is 5.81. The molecule has 1 fully saturated rings. The molecule has 1 aliphatic heterocycles. The summed E-state index contributed by atoms with van der Waals surface area (Å²) >= 11 is 1.51. The fourth-order valence-electron chi connectivity index (χ4n) is 3.80. The molecular weight excluding hydrogens is 382 g/mol. The van der Waals surface area contributed by atoms with Crippen molar-refractivity contribution in [1.82, 2.24) is 15.2 Å². The molecule has 1 amide bonds. The fourth-order valence-corrected chi connectivity index (χ4v) is 4.99. The molecule has 158 valence electrons. The first kappa shape index (κ1) is 21.9. The second-order valence-electron chi connectivity index (χ2n) is 8.57. The molecule has 2 heterocycles. The molecule has 29 heavy (non-hydrogen) atoms. The predicted molar refractivity (Wildman–Crippen MR) is 118 cm³/mol. The van der Waals surface area contributed by atoms with Gasteiger partial charge in [0.15, 0.2) is 0 Å². The van der Waals surface area contributed by atoms with Crippen LogP contribution in [0.4, 0.5) is 0 Å². The molecule has 0 aliphatic carbocycles. The first-order chi connectivity index (χ1) is 13.8. The Morgan fingerprint density at radius 2 is 1.83 bits per heavy atom. The highest BCUT2D eigenvalue weighted by Gasteiger charge is 2.22. The van der Waals surface area contributed by atoms with Crippen molar-refractivity contribution < 1.29 is 9.53 Å². The number of aryl methyl sites for hydroxylation is 1. The lowest BCUT2D eigenvalue weighted by molar-refractivity contribution is -0.0704. The molecule has 1 saturated heterocycles. The summed E-state index contributed by atoms with van der Waals surface area (Å²) in [6, 6.07) is 8.52. The van der Waals surface area contributed by atoms with Gasteiger partial charge in [-0.2, -0.15) is 0 Å². The SMILES string of the molecule is Cc1nc(CC(C)C)sc1C(=O)NCc1ccc(CN2CC(C)OC(C)C2)cc1. The first-order valence-corrected chi connectivity index (χ1v) is 11.3. The maximum absolute atomic E-state index is 12.6. The van der Waals surface area contributed by atoms with Crippen LogP contribution >= 0.6 is 11.3 Å². The second kappa shape index (κ2) is 9.83. The average molecular weight is 416 g/mol. The number of hydrogen-bond acceptors (Lipinski definition) is 5. The van der Waals surface area contributed by atoms with Crippen molar-refractivity contribution in [3.8, 4) is 0 Å². The Balaban J connectivity index is 1.52. The van der Waals surface area contributed by atoms with Gasteiger partial charge in [-0.05, 0) is 37.8 Å². The first-order valence-electron chi connectivity index (χ1n) is 10.5. The van der Waals surface area contributed by atoms with Crippen molar-refractivity contribution in [2.24, 2.45) is 5.92 Å². The number of morpholine rings is 1. The van der Waals surface area contributed by atoms with E-state index in [0.717, 1.165) is 47.2 Å². The third-order valence-electron chi connectivity index (χ3n) is 5.01. The van der Waals surface area contributed by atoms with Crippen molar-refractivity contribution in [2.45, 2.75) is 66.3 Å². The quantitative estimate of drug-likeness (QED) is 0.737. The van der Waals surface area contributed by atoms with Crippen molar-refractivity contribution in [1.29, 1.82) is 0 Å². The molecule has 0 radical (unpaired) electrons. The van der Waals surface area contributed by atoms with Crippen LogP contribution in [0.25, 0.3) is 0 Å². The minimum atomic E-state index is -0.0321. The van der Waals surface area contributed by atoms with E-state index in [2.05, 4.69) is 67.2 Å². The number of nitrogens with one attached hydrogen (secondary N) is 1. The van der Waals surface area contributed by atoms with E-state index >= 15 is 0 Å². The van der Waals surface area contributed by atoms with Crippen molar-refractivity contribution >= 4 is 17.2 Å². The normalized spacial score (nSPS) is 20.2. The van der Waals surface area contributed by atoms with Gasteiger partial charge < -0.3 is 10.1 Å². The summed E-state index contributed by atoms with van der Waals surface area (Å²) in [5.41, 5.74) is 3.22. The summed E-state index contributed by atoms with van der Waals surface area (Å²) in [6.45, 7) is 13.9. The lowest BCUT2D eigenvalue weighted by Gasteiger charge is -2.35. The predicted octanol–water partition coefficient (Wildman–Crippen LogP) is 4.19. The van der Waals surface area contributed by atoms with Crippen LogP contribution in [0, 0.1) is 12.8 Å². The lowest BCUT2D eigenvalue weighted by Crippen LogP contribution is -2.44. The van der Waals surface area contributed by atoms with E-state index in [-0.39, 0.29) is 18.1 Å². The van der Waals surface area contributed by atoms with Crippen LogP contribution in [0.5, 0.6) is 0 Å². The largest absolute Gasteiger partial charge is 0.373 e. The van der Waals surface area contributed by atoms with Crippen LogP contribution in [0.1, 0.15) is 59.2 Å². The minimum Gasteiger partial charge on any atom is -0.373 e. The van der Waals surface area contributed by atoms with E-state index in [0.29, 0.717) is 12.5 Å². The number of amides is 1. The Morgan fingerprint density at radius 3 is 2.45 bits per heavy atom. The van der Waals surface area contributed by atoms with Gasteiger partial charge in [0.2, 0.25) is 0 Å². The van der Waals surface area contributed by atoms with Gasteiger partial charge in [-0.15, -0.1) is 11.3 Å². The topological polar surface area (TPSA) is 54.5 Å². The summed E-state index contributed by atoms with van der Waals surface area (Å²) in [4.78, 5) is 20.3. The molecule has 1 aromatic carbocycles. The Kier molecular flexibility index (Phi) is 7.44. The van der Waals surface area contributed by atoms with Crippen LogP contribution in [0.15, 0.2) is 24.3 Å². The zero-order chi connectivity index (χ0) is 21.0. The smallest absolute Gasteiger partial charge is 0.263 e. The molecule has 1 N–H and O–H groups in total. The Bertz CT molecular complexity index is 806. The van der Waals surface area contributed by atoms with Gasteiger partial charge >= 0.3 is 0 Å². The molecular formula is C23H33N3O2S. The zero-order valence-electron chi connectivity index (χ0n) is 18.2. The molecule has 5 nitrogen and oxygen atoms in total. The monoisotopic (exact) mass is 415 g/mol. The average Bonchev–Trinajstić information content (AvgIpc) is 2.99. The van der Waals surface area contributed by atoms with Gasteiger partial charge in [0.1, 0.15) is 4.88 Å². The highest BCUT2D eigenvalue weighted by atomic mass is 32.1. The molecule has 6 heteroatoms. The van der Waals surface area contributed by atoms with E-state index in [1.54, 1.807) is 0 Å². The molecule has 2 aromatic rings. The van der Waals surface area contributed by atoms with Crippen LogP contribution in [0.2, 0.25) is 0 Å². The third-order valence-corrected chi connectivity index (χ3v) is 6.19. The van der Waals surface area contributed by atoms with Crippen LogP contribution < -0.4 is 5.32 Å². The van der Waals surface area contributed by atoms with Gasteiger partial charge in [-0.1, -0.05) is 38.1 Å². The number of hydrogen-bond donors (Lipinski definition) is 1. The summed E-state index contributed by atoms with van der Waals surface area (Å²) in [6.07, 6.45) is 1.48. The molecule has 2 atom stereocenters. The molecule has 0 spiro atoms. The Labute approximate surface area is 178 Å². The van der Waals surface area contributed by atoms with Gasteiger partial charge in [0.25, 0.3) is 5.91 Å². The molecule has 1 aromatic heterocycles. The lowest BCUT2D eigenvalue weighted by atomic mass is 10.1. The van der Waals surface area contributed by atoms with Crippen molar-refractivity contribution in [3.05, 3.63) is 51.0 Å². The van der Waals surface area contributed by atoms with E-state index in [1.807, 2.05) is 6.92 Å². The Hall–Kier alpha value is -1.76. The second-order valence-corrected chi connectivity index (χ2v) is 9.65. The van der Waals surface area contributed by atoms with Gasteiger partial charge in [0, 0.05) is 32.6 Å². The fraction of sp³-hybridized carbons (Fsp3) is 0.565. The number of aromatic nitrogens is 1. The standard InChI is InChI=1S/C23H33N3O2S/c1-15(2)10-21-25-18(5)22(29-21)23(27)24-11-19-6-8-20(9-7-19)14-26-12-16(3)28-17(4)13-26/h6-9,15-17H,10-14H2,1-5H3,(H,24,27). The molecule has 2 unspecified atom stereocenters. The third kappa shape index (κ3) is 6.36. The number of carbonyl (C=O) groups excluding carboxylic acids is 1. The summed E-state index contributed by atoms with van der Waals surface area (Å²) in [5.74, 6) is 0.509. The highest BCUT2D eigenvalue weighted by molar-refractivity contribution is 7.13. The highest BCUT2D eigenvalue weighted by Crippen LogP contribution is 2.21. The molecule has 0 saturated carbocycles. The van der Waals surface area contributed by atoms with Crippen LogP contribution in [-0.2, 0) is 24.2 Å². The van der Waals surface area contributed by atoms with Crippen molar-refractivity contribution in [3.63, 3.8) is 0 Å².